The first-order valence-corrected chi connectivity index (χ1v) is 12.0. The highest BCUT2D eigenvalue weighted by Gasteiger charge is 2.20. The molecule has 3 aromatic rings. The highest BCUT2D eigenvalue weighted by molar-refractivity contribution is 7.99. The molecule has 33 heavy (non-hydrogen) atoms. The molecule has 1 aromatic heterocycles. The lowest BCUT2D eigenvalue weighted by atomic mass is 9.87. The number of nitrogens with zero attached hydrogens (tertiary/aromatic N) is 4. The smallest absolute Gasteiger partial charge is 0.233 e. The second-order valence-corrected chi connectivity index (χ2v) is 10.2. The van der Waals surface area contributed by atoms with E-state index >= 15 is 0 Å². The average Bonchev–Trinajstić information content (AvgIpc) is 3.14. The van der Waals surface area contributed by atoms with Crippen LogP contribution in [0.4, 0.5) is 0 Å². The Hall–Kier alpha value is -3.00. The number of rotatable bonds is 9. The molecule has 0 aliphatic rings. The van der Waals surface area contributed by atoms with Crippen LogP contribution in [0.15, 0.2) is 59.8 Å². The van der Waals surface area contributed by atoms with Gasteiger partial charge in [0.05, 0.1) is 5.75 Å². The van der Waals surface area contributed by atoms with Gasteiger partial charge in [0.25, 0.3) is 0 Å². The van der Waals surface area contributed by atoms with Gasteiger partial charge in [-0.05, 0) is 42.5 Å². The molecule has 0 aliphatic heterocycles. The molecule has 8 heteroatoms. The summed E-state index contributed by atoms with van der Waals surface area (Å²) in [6.45, 7) is 11.3. The van der Waals surface area contributed by atoms with E-state index in [1.807, 2.05) is 61.2 Å². The predicted molar refractivity (Wildman–Crippen MR) is 132 cm³/mol. The Labute approximate surface area is 200 Å². The average molecular weight is 468 g/mol. The standard InChI is InChI=1S/C25H33N5O2S/c1-18(2)29(15-19-9-7-6-8-10-19)23(31)17-33-24-28-27-22(30(24)26)16-32-21-13-11-20(12-14-21)25(3,4)5/h6-14,18H,15-17,26H2,1-5H3. The maximum Gasteiger partial charge on any atom is 0.233 e. The summed E-state index contributed by atoms with van der Waals surface area (Å²) < 4.78 is 7.22. The van der Waals surface area contributed by atoms with E-state index in [0.717, 1.165) is 11.3 Å². The molecule has 0 bridgehead atoms. The van der Waals surface area contributed by atoms with E-state index in [1.165, 1.54) is 22.0 Å². The quantitative estimate of drug-likeness (QED) is 0.371. The molecule has 1 amide bonds. The maximum atomic E-state index is 12.9. The molecule has 0 saturated heterocycles. The second-order valence-electron chi connectivity index (χ2n) is 9.22. The normalized spacial score (nSPS) is 11.6. The molecule has 0 aliphatic carbocycles. The summed E-state index contributed by atoms with van der Waals surface area (Å²) in [6.07, 6.45) is 0. The molecule has 0 fully saturated rings. The van der Waals surface area contributed by atoms with E-state index < -0.39 is 0 Å². The summed E-state index contributed by atoms with van der Waals surface area (Å²) >= 11 is 1.28. The fourth-order valence-corrected chi connectivity index (χ4v) is 4.01. The van der Waals surface area contributed by atoms with Gasteiger partial charge < -0.3 is 15.5 Å². The van der Waals surface area contributed by atoms with Crippen molar-refractivity contribution in [2.24, 2.45) is 0 Å². The van der Waals surface area contributed by atoms with E-state index in [-0.39, 0.29) is 29.7 Å². The SMILES string of the molecule is CC(C)N(Cc1ccccc1)C(=O)CSc1nnc(COc2ccc(C(C)(C)C)cc2)n1N. The van der Waals surface area contributed by atoms with Crippen molar-refractivity contribution in [2.45, 2.75) is 64.4 Å². The number of carbonyl (C=O) groups excluding carboxylic acids is 1. The first-order chi connectivity index (χ1) is 15.6. The van der Waals surface area contributed by atoms with Crippen LogP contribution in [-0.2, 0) is 23.4 Å². The third kappa shape index (κ3) is 6.74. The van der Waals surface area contributed by atoms with Gasteiger partial charge in [0, 0.05) is 12.6 Å². The van der Waals surface area contributed by atoms with Crippen molar-refractivity contribution in [1.82, 2.24) is 19.8 Å². The molecule has 0 spiro atoms. The van der Waals surface area contributed by atoms with Gasteiger partial charge in [-0.2, -0.15) is 0 Å². The number of carbonyl (C=O) groups is 1. The Bertz CT molecular complexity index is 1040. The van der Waals surface area contributed by atoms with Gasteiger partial charge >= 0.3 is 0 Å². The molecule has 2 aromatic carbocycles. The summed E-state index contributed by atoms with van der Waals surface area (Å²) in [6, 6.07) is 18.1. The van der Waals surface area contributed by atoms with Crippen molar-refractivity contribution in [3.63, 3.8) is 0 Å². The minimum Gasteiger partial charge on any atom is -0.486 e. The maximum absolute atomic E-state index is 12.9. The number of benzene rings is 2. The molecule has 2 N–H and O–H groups in total. The molecule has 0 saturated carbocycles. The van der Waals surface area contributed by atoms with Gasteiger partial charge in [-0.15, -0.1) is 10.2 Å². The third-order valence-electron chi connectivity index (χ3n) is 5.29. The van der Waals surface area contributed by atoms with Crippen LogP contribution >= 0.6 is 11.8 Å². The number of thioether (sulfide) groups is 1. The zero-order valence-corrected chi connectivity index (χ0v) is 20.8. The number of ether oxygens (including phenoxy) is 1. The van der Waals surface area contributed by atoms with Crippen LogP contribution in [0.25, 0.3) is 0 Å². The van der Waals surface area contributed by atoms with E-state index in [1.54, 1.807) is 0 Å². The molecule has 3 rings (SSSR count). The van der Waals surface area contributed by atoms with Crippen LogP contribution < -0.4 is 10.6 Å². The number of aromatic nitrogens is 3. The topological polar surface area (TPSA) is 86.3 Å². The van der Waals surface area contributed by atoms with E-state index in [0.29, 0.717) is 17.5 Å². The first-order valence-electron chi connectivity index (χ1n) is 11.0. The highest BCUT2D eigenvalue weighted by Crippen LogP contribution is 2.25. The van der Waals surface area contributed by atoms with Crippen molar-refractivity contribution in [3.8, 4) is 5.75 Å². The molecule has 176 valence electrons. The van der Waals surface area contributed by atoms with Crippen molar-refractivity contribution < 1.29 is 9.53 Å². The molecule has 0 unspecified atom stereocenters. The molecule has 1 heterocycles. The second kappa shape index (κ2) is 10.7. The van der Waals surface area contributed by atoms with Crippen molar-refractivity contribution in [3.05, 3.63) is 71.5 Å². The van der Waals surface area contributed by atoms with Crippen LogP contribution in [0.2, 0.25) is 0 Å². The highest BCUT2D eigenvalue weighted by atomic mass is 32.2. The lowest BCUT2D eigenvalue weighted by Crippen LogP contribution is -2.37. The van der Waals surface area contributed by atoms with Gasteiger partial charge in [0.2, 0.25) is 11.1 Å². The summed E-state index contributed by atoms with van der Waals surface area (Å²) in [7, 11) is 0. The van der Waals surface area contributed by atoms with Crippen molar-refractivity contribution in [1.29, 1.82) is 0 Å². The zero-order chi connectivity index (χ0) is 24.0. The van der Waals surface area contributed by atoms with Gasteiger partial charge in [-0.3, -0.25) is 4.79 Å². The number of nitrogens with two attached hydrogens (primary N) is 1. The van der Waals surface area contributed by atoms with E-state index in [4.69, 9.17) is 10.6 Å². The fraction of sp³-hybridized carbons (Fsp3) is 0.400. The lowest BCUT2D eigenvalue weighted by Gasteiger charge is -2.26. The summed E-state index contributed by atoms with van der Waals surface area (Å²) in [5.41, 5.74) is 2.43. The van der Waals surface area contributed by atoms with Crippen molar-refractivity contribution in [2.75, 3.05) is 11.6 Å². The van der Waals surface area contributed by atoms with Crippen LogP contribution in [0.1, 0.15) is 51.6 Å². The minimum absolute atomic E-state index is 0.0265. The van der Waals surface area contributed by atoms with Gasteiger partial charge in [0.1, 0.15) is 12.4 Å². The van der Waals surface area contributed by atoms with Gasteiger partial charge in [-0.25, -0.2) is 4.68 Å². The lowest BCUT2D eigenvalue weighted by molar-refractivity contribution is -0.130. The van der Waals surface area contributed by atoms with Crippen LogP contribution in [0.3, 0.4) is 0 Å². The largest absolute Gasteiger partial charge is 0.486 e. The Morgan fingerprint density at radius 2 is 1.76 bits per heavy atom. The number of nitrogen functional groups attached to an aromatic ring is 1. The first kappa shape index (κ1) is 24.6. The van der Waals surface area contributed by atoms with Crippen LogP contribution in [-0.4, -0.2) is 37.5 Å². The van der Waals surface area contributed by atoms with Gasteiger partial charge in [-0.1, -0.05) is 75.0 Å². The molecule has 0 atom stereocenters. The van der Waals surface area contributed by atoms with Crippen molar-refractivity contribution >= 4 is 17.7 Å². The van der Waals surface area contributed by atoms with E-state index in [9.17, 15) is 4.79 Å². The number of hydrogen-bond donors (Lipinski definition) is 1. The van der Waals surface area contributed by atoms with E-state index in [2.05, 4.69) is 43.1 Å². The fourth-order valence-electron chi connectivity index (χ4n) is 3.25. The summed E-state index contributed by atoms with van der Waals surface area (Å²) in [4.78, 5) is 14.7. The minimum atomic E-state index is 0.0265. The Morgan fingerprint density at radius 3 is 2.36 bits per heavy atom. The van der Waals surface area contributed by atoms with Gasteiger partial charge in [0.15, 0.2) is 5.82 Å². The third-order valence-corrected chi connectivity index (χ3v) is 6.22. The molecular formula is C25H33N5O2S. The summed E-state index contributed by atoms with van der Waals surface area (Å²) in [5.74, 6) is 7.65. The Balaban J connectivity index is 1.56. The monoisotopic (exact) mass is 467 g/mol. The van der Waals surface area contributed by atoms with Crippen LogP contribution in [0, 0.1) is 0 Å². The Morgan fingerprint density at radius 1 is 1.09 bits per heavy atom. The Kier molecular flexibility index (Phi) is 8.02. The molecular weight excluding hydrogens is 434 g/mol. The van der Waals surface area contributed by atoms with Crippen LogP contribution in [0.5, 0.6) is 5.75 Å². The number of hydrogen-bond acceptors (Lipinski definition) is 6. The zero-order valence-electron chi connectivity index (χ0n) is 20.0. The molecule has 0 radical (unpaired) electrons. The summed E-state index contributed by atoms with van der Waals surface area (Å²) in [5, 5.41) is 8.75. The predicted octanol–water partition coefficient (Wildman–Crippen LogP) is 4.40. The number of amides is 1. The molecule has 7 nitrogen and oxygen atoms in total.